The second-order valence-electron chi connectivity index (χ2n) is 7.93. The summed E-state index contributed by atoms with van der Waals surface area (Å²) in [6.45, 7) is 4.18. The highest BCUT2D eigenvalue weighted by molar-refractivity contribution is 6.51. The Kier molecular flexibility index (Phi) is 5.77. The largest absolute Gasteiger partial charge is 0.507 e. The maximum Gasteiger partial charge on any atom is 0.300 e. The van der Waals surface area contributed by atoms with E-state index in [0.29, 0.717) is 28.5 Å². The summed E-state index contributed by atoms with van der Waals surface area (Å²) in [6.07, 6.45) is 3.22. The van der Waals surface area contributed by atoms with Crippen molar-refractivity contribution in [3.63, 3.8) is 0 Å². The number of pyridine rings is 1. The molecule has 32 heavy (non-hydrogen) atoms. The van der Waals surface area contributed by atoms with Gasteiger partial charge in [-0.05, 0) is 47.4 Å². The molecule has 2 heterocycles. The average molecular weight is 428 g/mol. The maximum atomic E-state index is 13.2. The standard InChI is InChI=1S/C26H24N2O4/c1-16(2)17-9-11-20(12-10-17)28-23(19-7-5-13-27-15-19)22(25(30)26(28)31)24(29)18-6-4-8-21(14-18)32-3/h4-16,23,29H,1-3H3/b24-22-. The van der Waals surface area contributed by atoms with E-state index in [1.165, 1.54) is 12.0 Å². The molecular weight excluding hydrogens is 404 g/mol. The van der Waals surface area contributed by atoms with Crippen LogP contribution >= 0.6 is 0 Å². The number of nitrogens with zero attached hydrogens (tertiary/aromatic N) is 2. The van der Waals surface area contributed by atoms with Crippen LogP contribution in [-0.4, -0.2) is 28.9 Å². The fraction of sp³-hybridized carbons (Fsp3) is 0.192. The second kappa shape index (κ2) is 8.67. The van der Waals surface area contributed by atoms with Crippen molar-refractivity contribution in [2.75, 3.05) is 12.0 Å². The van der Waals surface area contributed by atoms with E-state index in [4.69, 9.17) is 4.74 Å². The molecule has 1 aromatic heterocycles. The van der Waals surface area contributed by atoms with Crippen LogP contribution in [-0.2, 0) is 9.59 Å². The summed E-state index contributed by atoms with van der Waals surface area (Å²) in [5, 5.41) is 11.1. The summed E-state index contributed by atoms with van der Waals surface area (Å²) < 4.78 is 5.24. The monoisotopic (exact) mass is 428 g/mol. The Hall–Kier alpha value is -3.93. The third-order valence-corrected chi connectivity index (χ3v) is 5.63. The predicted octanol–water partition coefficient (Wildman–Crippen LogP) is 4.84. The fourth-order valence-corrected chi connectivity index (χ4v) is 3.90. The topological polar surface area (TPSA) is 79.7 Å². The first-order valence-corrected chi connectivity index (χ1v) is 10.4. The number of ether oxygens (including phenoxy) is 1. The van der Waals surface area contributed by atoms with Crippen LogP contribution in [0.25, 0.3) is 5.76 Å². The van der Waals surface area contributed by atoms with Crippen LogP contribution in [0.15, 0.2) is 78.6 Å². The molecule has 0 aliphatic carbocycles. The van der Waals surface area contributed by atoms with Crippen LogP contribution < -0.4 is 9.64 Å². The molecule has 0 radical (unpaired) electrons. The van der Waals surface area contributed by atoms with Gasteiger partial charge in [-0.15, -0.1) is 0 Å². The number of ketones is 1. The van der Waals surface area contributed by atoms with E-state index in [2.05, 4.69) is 18.8 Å². The van der Waals surface area contributed by atoms with Crippen molar-refractivity contribution in [1.29, 1.82) is 0 Å². The predicted molar refractivity (Wildman–Crippen MR) is 123 cm³/mol. The Labute approximate surface area is 186 Å². The molecule has 1 fully saturated rings. The van der Waals surface area contributed by atoms with Crippen LogP contribution in [0.2, 0.25) is 0 Å². The minimum atomic E-state index is -0.806. The quantitative estimate of drug-likeness (QED) is 0.357. The number of carbonyl (C=O) groups excluding carboxylic acids is 2. The van der Waals surface area contributed by atoms with E-state index in [9.17, 15) is 14.7 Å². The fourth-order valence-electron chi connectivity index (χ4n) is 3.90. The minimum Gasteiger partial charge on any atom is -0.507 e. The number of hydrogen-bond donors (Lipinski definition) is 1. The number of carbonyl (C=O) groups is 2. The molecule has 3 aromatic rings. The van der Waals surface area contributed by atoms with Crippen molar-refractivity contribution in [2.24, 2.45) is 0 Å². The molecule has 0 spiro atoms. The highest BCUT2D eigenvalue weighted by Crippen LogP contribution is 2.42. The number of methoxy groups -OCH3 is 1. The van der Waals surface area contributed by atoms with Crippen molar-refractivity contribution >= 4 is 23.1 Å². The number of benzene rings is 2. The van der Waals surface area contributed by atoms with E-state index in [1.807, 2.05) is 24.3 Å². The lowest BCUT2D eigenvalue weighted by Gasteiger charge is -2.25. The van der Waals surface area contributed by atoms with Crippen LogP contribution in [0.4, 0.5) is 5.69 Å². The molecule has 1 atom stereocenters. The Morgan fingerprint density at radius 2 is 1.81 bits per heavy atom. The third-order valence-electron chi connectivity index (χ3n) is 5.63. The van der Waals surface area contributed by atoms with Gasteiger partial charge in [0, 0.05) is 23.6 Å². The Bertz CT molecular complexity index is 1180. The summed E-state index contributed by atoms with van der Waals surface area (Å²) >= 11 is 0. The maximum absolute atomic E-state index is 13.2. The molecule has 1 saturated heterocycles. The summed E-state index contributed by atoms with van der Waals surface area (Å²) in [7, 11) is 1.52. The third kappa shape index (κ3) is 3.75. The molecule has 0 bridgehead atoms. The van der Waals surface area contributed by atoms with Gasteiger partial charge in [-0.2, -0.15) is 0 Å². The van der Waals surface area contributed by atoms with Gasteiger partial charge in [0.25, 0.3) is 11.7 Å². The van der Waals surface area contributed by atoms with Crippen LogP contribution in [0, 0.1) is 0 Å². The number of Topliss-reactive ketones (excluding diaryl/α,β-unsaturated/α-hetero) is 1. The highest BCUT2D eigenvalue weighted by Gasteiger charge is 2.47. The van der Waals surface area contributed by atoms with Crippen LogP contribution in [0.1, 0.15) is 42.5 Å². The molecular formula is C26H24N2O4. The van der Waals surface area contributed by atoms with Gasteiger partial charge >= 0.3 is 0 Å². The summed E-state index contributed by atoms with van der Waals surface area (Å²) in [5.41, 5.74) is 2.74. The van der Waals surface area contributed by atoms with Crippen molar-refractivity contribution in [2.45, 2.75) is 25.8 Å². The second-order valence-corrected chi connectivity index (χ2v) is 7.93. The first kappa shape index (κ1) is 21.3. The van der Waals surface area contributed by atoms with E-state index < -0.39 is 17.7 Å². The number of aromatic nitrogens is 1. The highest BCUT2D eigenvalue weighted by atomic mass is 16.5. The molecule has 4 rings (SSSR count). The van der Waals surface area contributed by atoms with E-state index in [-0.39, 0.29) is 11.3 Å². The van der Waals surface area contributed by atoms with Crippen LogP contribution in [0.5, 0.6) is 5.75 Å². The van der Waals surface area contributed by atoms with Gasteiger partial charge < -0.3 is 9.84 Å². The summed E-state index contributed by atoms with van der Waals surface area (Å²) in [5.74, 6) is -0.822. The zero-order valence-electron chi connectivity index (χ0n) is 18.1. The SMILES string of the molecule is COc1cccc(/C(O)=C2/C(=O)C(=O)N(c3ccc(C(C)C)cc3)C2c2cccnc2)c1. The number of anilines is 1. The number of hydrogen-bond acceptors (Lipinski definition) is 5. The molecule has 6 nitrogen and oxygen atoms in total. The molecule has 0 saturated carbocycles. The van der Waals surface area contributed by atoms with E-state index in [0.717, 1.165) is 5.56 Å². The van der Waals surface area contributed by atoms with E-state index in [1.54, 1.807) is 48.8 Å². The van der Waals surface area contributed by atoms with Crippen molar-refractivity contribution < 1.29 is 19.4 Å². The zero-order valence-corrected chi connectivity index (χ0v) is 18.1. The van der Waals surface area contributed by atoms with Gasteiger partial charge in [0.2, 0.25) is 0 Å². The average Bonchev–Trinajstić information content (AvgIpc) is 3.09. The normalized spacial score (nSPS) is 17.8. The lowest BCUT2D eigenvalue weighted by molar-refractivity contribution is -0.132. The van der Waals surface area contributed by atoms with Gasteiger partial charge in [0.05, 0.1) is 18.7 Å². The summed E-state index contributed by atoms with van der Waals surface area (Å²) in [6, 6.07) is 17.0. The number of amides is 1. The molecule has 2 aromatic carbocycles. The first-order chi connectivity index (χ1) is 15.4. The van der Waals surface area contributed by atoms with Gasteiger partial charge in [-0.3, -0.25) is 19.5 Å². The number of aliphatic hydroxyl groups excluding tert-OH is 1. The number of rotatable bonds is 5. The molecule has 1 amide bonds. The number of aliphatic hydroxyl groups is 1. The molecule has 1 N–H and O–H groups in total. The smallest absolute Gasteiger partial charge is 0.300 e. The molecule has 162 valence electrons. The van der Waals surface area contributed by atoms with Crippen molar-refractivity contribution in [3.05, 3.63) is 95.3 Å². The van der Waals surface area contributed by atoms with Gasteiger partial charge in [0.15, 0.2) is 0 Å². The van der Waals surface area contributed by atoms with Gasteiger partial charge in [0.1, 0.15) is 11.5 Å². The van der Waals surface area contributed by atoms with E-state index >= 15 is 0 Å². The van der Waals surface area contributed by atoms with Crippen LogP contribution in [0.3, 0.4) is 0 Å². The molecule has 1 unspecified atom stereocenters. The van der Waals surface area contributed by atoms with Crippen molar-refractivity contribution in [3.8, 4) is 5.75 Å². The molecule has 1 aliphatic rings. The summed E-state index contributed by atoms with van der Waals surface area (Å²) in [4.78, 5) is 31.9. The first-order valence-electron chi connectivity index (χ1n) is 10.4. The Balaban J connectivity index is 1.90. The lowest BCUT2D eigenvalue weighted by atomic mass is 9.96. The molecule has 6 heteroatoms. The Morgan fingerprint density at radius 1 is 1.06 bits per heavy atom. The van der Waals surface area contributed by atoms with Crippen molar-refractivity contribution in [1.82, 2.24) is 4.98 Å². The Morgan fingerprint density at radius 3 is 2.44 bits per heavy atom. The molecule has 1 aliphatic heterocycles. The zero-order chi connectivity index (χ0) is 22.8. The van der Waals surface area contributed by atoms with Gasteiger partial charge in [-0.1, -0.05) is 44.2 Å². The minimum absolute atomic E-state index is 0.0178. The van der Waals surface area contributed by atoms with Gasteiger partial charge in [-0.25, -0.2) is 0 Å². The lowest BCUT2D eigenvalue weighted by Crippen LogP contribution is -2.29.